The molecule has 0 bridgehead atoms. The van der Waals surface area contributed by atoms with Crippen LogP contribution in [0.3, 0.4) is 0 Å². The fourth-order valence-corrected chi connectivity index (χ4v) is 2.68. The van der Waals surface area contributed by atoms with Crippen molar-refractivity contribution >= 4 is 0 Å². The van der Waals surface area contributed by atoms with Crippen LogP contribution in [0.5, 0.6) is 0 Å². The molecule has 24 heavy (non-hydrogen) atoms. The van der Waals surface area contributed by atoms with E-state index in [1.165, 1.54) is 44.9 Å². The molecule has 0 aromatic carbocycles. The van der Waals surface area contributed by atoms with E-state index in [4.69, 9.17) is 9.84 Å². The van der Waals surface area contributed by atoms with Crippen molar-refractivity contribution in [2.75, 3.05) is 13.2 Å². The largest absolute Gasteiger partial charge is 0.414 e. The number of aliphatic hydroxyl groups is 1. The normalized spacial score (nSPS) is 13.4. The van der Waals surface area contributed by atoms with Crippen molar-refractivity contribution in [3.8, 4) is 0 Å². The van der Waals surface area contributed by atoms with Crippen molar-refractivity contribution in [3.63, 3.8) is 0 Å². The number of hydrogen-bond acceptors (Lipinski definition) is 2. The number of unbranched alkanes of at least 4 members (excludes halogenated alkanes) is 11. The summed E-state index contributed by atoms with van der Waals surface area (Å²) in [6.45, 7) is 3.81. The van der Waals surface area contributed by atoms with E-state index in [1.54, 1.807) is 0 Å². The van der Waals surface area contributed by atoms with Crippen LogP contribution >= 0.6 is 0 Å². The van der Waals surface area contributed by atoms with Crippen LogP contribution in [0.15, 0.2) is 0 Å². The molecule has 0 heterocycles. The van der Waals surface area contributed by atoms with Gasteiger partial charge in [0.15, 0.2) is 0 Å². The zero-order valence-electron chi connectivity index (χ0n) is 15.4. The monoisotopic (exact) mass is 354 g/mol. The molecule has 146 valence electrons. The molecule has 0 aliphatic rings. The van der Waals surface area contributed by atoms with Gasteiger partial charge in [-0.2, -0.15) is 13.2 Å². The van der Waals surface area contributed by atoms with E-state index in [0.717, 1.165) is 45.3 Å². The summed E-state index contributed by atoms with van der Waals surface area (Å²) >= 11 is 0. The highest BCUT2D eigenvalue weighted by molar-refractivity contribution is 4.64. The fraction of sp³-hybridized carbons (Fsp3) is 1.00. The first-order chi connectivity index (χ1) is 11.5. The van der Waals surface area contributed by atoms with Gasteiger partial charge >= 0.3 is 6.18 Å². The number of hydrogen-bond donors (Lipinski definition) is 1. The van der Waals surface area contributed by atoms with Gasteiger partial charge in [0.05, 0.1) is 0 Å². The molecule has 1 atom stereocenters. The zero-order valence-corrected chi connectivity index (χ0v) is 15.4. The molecule has 0 amide bonds. The topological polar surface area (TPSA) is 29.5 Å². The van der Waals surface area contributed by atoms with Gasteiger partial charge in [0.1, 0.15) is 6.10 Å². The van der Waals surface area contributed by atoms with Crippen LogP contribution in [-0.2, 0) is 4.74 Å². The van der Waals surface area contributed by atoms with Gasteiger partial charge in [0.25, 0.3) is 0 Å². The van der Waals surface area contributed by atoms with E-state index in [9.17, 15) is 13.2 Å². The van der Waals surface area contributed by atoms with Gasteiger partial charge in [0, 0.05) is 13.2 Å². The highest BCUT2D eigenvalue weighted by Gasteiger charge is 2.37. The van der Waals surface area contributed by atoms with Crippen molar-refractivity contribution in [1.29, 1.82) is 0 Å². The smallest absolute Gasteiger partial charge is 0.384 e. The Morgan fingerprint density at radius 3 is 1.58 bits per heavy atom. The predicted octanol–water partition coefficient (Wildman–Crippen LogP) is 6.41. The average Bonchev–Trinajstić information content (AvgIpc) is 2.53. The number of alkyl halides is 3. The SMILES string of the molecule is CCCCCCCCCCOCCCCCCCC(O)C(F)(F)F. The minimum atomic E-state index is -4.47. The van der Waals surface area contributed by atoms with Crippen LogP contribution in [0.4, 0.5) is 13.2 Å². The van der Waals surface area contributed by atoms with E-state index in [2.05, 4.69) is 6.92 Å². The number of rotatable bonds is 17. The molecule has 2 nitrogen and oxygen atoms in total. The maximum Gasteiger partial charge on any atom is 0.414 e. The molecule has 0 saturated carbocycles. The maximum absolute atomic E-state index is 12.1. The third-order valence-electron chi connectivity index (χ3n) is 4.29. The lowest BCUT2D eigenvalue weighted by Gasteiger charge is -2.13. The quantitative estimate of drug-likeness (QED) is 0.306. The number of aliphatic hydroxyl groups excluding tert-OH is 1. The lowest BCUT2D eigenvalue weighted by atomic mass is 10.1. The Morgan fingerprint density at radius 1 is 0.708 bits per heavy atom. The second-order valence-corrected chi connectivity index (χ2v) is 6.70. The molecule has 0 spiro atoms. The van der Waals surface area contributed by atoms with E-state index in [1.807, 2.05) is 0 Å². The molecule has 0 aliphatic carbocycles. The Morgan fingerprint density at radius 2 is 1.12 bits per heavy atom. The molecular weight excluding hydrogens is 317 g/mol. The second kappa shape index (κ2) is 16.2. The molecule has 1 N–H and O–H groups in total. The Bertz CT molecular complexity index is 257. The van der Waals surface area contributed by atoms with Crippen molar-refractivity contribution < 1.29 is 23.0 Å². The summed E-state index contributed by atoms with van der Waals surface area (Å²) in [5, 5.41) is 8.86. The molecular formula is C19H37F3O2. The van der Waals surface area contributed by atoms with Crippen molar-refractivity contribution in [3.05, 3.63) is 0 Å². The lowest BCUT2D eigenvalue weighted by molar-refractivity contribution is -0.205. The van der Waals surface area contributed by atoms with Gasteiger partial charge < -0.3 is 9.84 Å². The van der Waals surface area contributed by atoms with Crippen LogP contribution in [0.1, 0.15) is 96.8 Å². The summed E-state index contributed by atoms with van der Waals surface area (Å²) in [5.41, 5.74) is 0. The summed E-state index contributed by atoms with van der Waals surface area (Å²) in [6.07, 6.45) is 7.60. The first kappa shape index (κ1) is 23.7. The first-order valence-corrected chi connectivity index (χ1v) is 9.81. The highest BCUT2D eigenvalue weighted by Crippen LogP contribution is 2.24. The van der Waals surface area contributed by atoms with Gasteiger partial charge in [-0.05, 0) is 19.3 Å². The molecule has 1 unspecified atom stereocenters. The van der Waals surface area contributed by atoms with E-state index in [0.29, 0.717) is 6.42 Å². The Balaban J connectivity index is 3.10. The molecule has 0 radical (unpaired) electrons. The third kappa shape index (κ3) is 16.6. The molecule has 0 rings (SSSR count). The van der Waals surface area contributed by atoms with E-state index < -0.39 is 12.3 Å². The summed E-state index contributed by atoms with van der Waals surface area (Å²) in [4.78, 5) is 0. The predicted molar refractivity (Wildman–Crippen MR) is 93.2 cm³/mol. The Labute approximate surface area is 146 Å². The summed E-state index contributed by atoms with van der Waals surface area (Å²) in [7, 11) is 0. The molecule has 0 aliphatic heterocycles. The first-order valence-electron chi connectivity index (χ1n) is 9.81. The third-order valence-corrected chi connectivity index (χ3v) is 4.29. The van der Waals surface area contributed by atoms with Gasteiger partial charge in [-0.15, -0.1) is 0 Å². The summed E-state index contributed by atoms with van der Waals surface area (Å²) in [6, 6.07) is 0. The molecule has 0 aromatic rings. The van der Waals surface area contributed by atoms with Crippen LogP contribution in [0.2, 0.25) is 0 Å². The maximum atomic E-state index is 12.1. The average molecular weight is 354 g/mol. The molecule has 0 saturated heterocycles. The van der Waals surface area contributed by atoms with Crippen LogP contribution < -0.4 is 0 Å². The van der Waals surface area contributed by atoms with E-state index in [-0.39, 0.29) is 6.42 Å². The zero-order chi connectivity index (χ0) is 18.1. The number of ether oxygens (including phenoxy) is 1. The van der Waals surface area contributed by atoms with Crippen LogP contribution in [0.25, 0.3) is 0 Å². The van der Waals surface area contributed by atoms with Crippen LogP contribution in [-0.4, -0.2) is 30.6 Å². The van der Waals surface area contributed by atoms with Crippen molar-refractivity contribution in [1.82, 2.24) is 0 Å². The minimum absolute atomic E-state index is 0.182. The van der Waals surface area contributed by atoms with Gasteiger partial charge in [-0.1, -0.05) is 77.6 Å². The fourth-order valence-electron chi connectivity index (χ4n) is 2.68. The standard InChI is InChI=1S/C19H37F3O2/c1-2-3-4-5-6-7-10-13-16-24-17-14-11-8-9-12-15-18(23)19(20,21)22/h18,23H,2-17H2,1H3. The number of halogens is 3. The molecule has 0 aromatic heterocycles. The van der Waals surface area contributed by atoms with Gasteiger partial charge in [-0.25, -0.2) is 0 Å². The molecule has 5 heteroatoms. The van der Waals surface area contributed by atoms with Crippen LogP contribution in [0, 0.1) is 0 Å². The molecule has 0 fully saturated rings. The van der Waals surface area contributed by atoms with Crippen molar-refractivity contribution in [2.45, 2.75) is 109 Å². The van der Waals surface area contributed by atoms with E-state index >= 15 is 0 Å². The van der Waals surface area contributed by atoms with Gasteiger partial charge in [-0.3, -0.25) is 0 Å². The summed E-state index contributed by atoms with van der Waals surface area (Å²) < 4.78 is 41.8. The minimum Gasteiger partial charge on any atom is -0.384 e. The van der Waals surface area contributed by atoms with Gasteiger partial charge in [0.2, 0.25) is 0 Å². The summed E-state index contributed by atoms with van der Waals surface area (Å²) in [5.74, 6) is 0. The highest BCUT2D eigenvalue weighted by atomic mass is 19.4. The Hall–Kier alpha value is -0.290. The van der Waals surface area contributed by atoms with Crippen molar-refractivity contribution in [2.24, 2.45) is 0 Å². The Kier molecular flexibility index (Phi) is 16.0. The lowest BCUT2D eigenvalue weighted by Crippen LogP contribution is -2.28. The second-order valence-electron chi connectivity index (χ2n) is 6.70.